The Morgan fingerprint density at radius 1 is 1.24 bits per heavy atom. The topological polar surface area (TPSA) is 35.5 Å². The average molecular weight is 303 g/mol. The van der Waals surface area contributed by atoms with E-state index in [2.05, 4.69) is 0 Å². The number of benzene rings is 2. The number of halogens is 1. The van der Waals surface area contributed by atoms with E-state index in [1.807, 2.05) is 36.4 Å². The first-order valence-electron chi connectivity index (χ1n) is 6.86. The second-order valence-corrected chi connectivity index (χ2v) is 5.41. The fourth-order valence-corrected chi connectivity index (χ4v) is 2.68. The molecule has 0 saturated heterocycles. The van der Waals surface area contributed by atoms with Gasteiger partial charge in [-0.1, -0.05) is 29.8 Å². The monoisotopic (exact) mass is 302 g/mol. The van der Waals surface area contributed by atoms with Crippen molar-refractivity contribution in [2.75, 3.05) is 13.2 Å². The largest absolute Gasteiger partial charge is 0.493 e. The molecule has 0 aromatic heterocycles. The molecule has 2 aromatic rings. The van der Waals surface area contributed by atoms with Crippen LogP contribution in [0.15, 0.2) is 42.5 Å². The predicted molar refractivity (Wildman–Crippen MR) is 81.3 cm³/mol. The lowest BCUT2D eigenvalue weighted by molar-refractivity contribution is -0.120. The van der Waals surface area contributed by atoms with Gasteiger partial charge in [-0.25, -0.2) is 0 Å². The van der Waals surface area contributed by atoms with E-state index in [0.717, 1.165) is 23.3 Å². The van der Waals surface area contributed by atoms with E-state index in [0.29, 0.717) is 17.4 Å². The number of Topliss-reactive ketones (excluding diaryl/α,β-unsaturated/α-hetero) is 1. The maximum absolute atomic E-state index is 12.1. The zero-order valence-electron chi connectivity index (χ0n) is 11.5. The number of rotatable bonds is 5. The number of hydrogen-bond donors (Lipinski definition) is 0. The molecule has 3 nitrogen and oxygen atoms in total. The van der Waals surface area contributed by atoms with Crippen LogP contribution in [0.2, 0.25) is 5.02 Å². The third-order valence-corrected chi connectivity index (χ3v) is 3.57. The maximum atomic E-state index is 12.1. The average Bonchev–Trinajstić information content (AvgIpc) is 2.94. The van der Waals surface area contributed by atoms with E-state index in [9.17, 15) is 4.79 Å². The number of ketones is 1. The molecular formula is C17H15ClO3. The molecule has 1 heterocycles. The van der Waals surface area contributed by atoms with Crippen molar-refractivity contribution in [1.29, 1.82) is 0 Å². The van der Waals surface area contributed by atoms with Crippen LogP contribution in [0.5, 0.6) is 11.5 Å². The van der Waals surface area contributed by atoms with E-state index < -0.39 is 0 Å². The van der Waals surface area contributed by atoms with Crippen molar-refractivity contribution in [3.05, 3.63) is 58.6 Å². The summed E-state index contributed by atoms with van der Waals surface area (Å²) in [5.41, 5.74) is 1.92. The molecule has 0 atom stereocenters. The molecule has 108 valence electrons. The number of para-hydroxylation sites is 1. The molecule has 0 unspecified atom stereocenters. The maximum Gasteiger partial charge on any atom is 0.174 e. The fourth-order valence-electron chi connectivity index (χ4n) is 2.42. The standard InChI is InChI=1S/C17H15ClO3/c18-14-8-12-6-7-20-17(12)13(9-14)10-15(19)11-21-16-4-2-1-3-5-16/h1-5,8-9H,6-7,10-11H2. The summed E-state index contributed by atoms with van der Waals surface area (Å²) in [6.45, 7) is 0.697. The van der Waals surface area contributed by atoms with E-state index in [1.165, 1.54) is 0 Å². The van der Waals surface area contributed by atoms with Gasteiger partial charge in [0.05, 0.1) is 6.61 Å². The first-order valence-corrected chi connectivity index (χ1v) is 7.24. The zero-order valence-corrected chi connectivity index (χ0v) is 12.2. The van der Waals surface area contributed by atoms with Gasteiger partial charge in [0, 0.05) is 23.4 Å². The minimum Gasteiger partial charge on any atom is -0.493 e. The summed E-state index contributed by atoms with van der Waals surface area (Å²) < 4.78 is 11.1. The van der Waals surface area contributed by atoms with Crippen LogP contribution in [0.25, 0.3) is 0 Å². The zero-order chi connectivity index (χ0) is 14.7. The van der Waals surface area contributed by atoms with E-state index >= 15 is 0 Å². The Kier molecular flexibility index (Phi) is 4.11. The Hall–Kier alpha value is -2.00. The van der Waals surface area contributed by atoms with Gasteiger partial charge in [0.1, 0.15) is 18.1 Å². The Labute approximate surface area is 128 Å². The van der Waals surface area contributed by atoms with Crippen molar-refractivity contribution >= 4 is 17.4 Å². The molecule has 0 spiro atoms. The molecule has 1 aliphatic heterocycles. The van der Waals surface area contributed by atoms with Crippen LogP contribution >= 0.6 is 11.6 Å². The fraction of sp³-hybridized carbons (Fsp3) is 0.235. The highest BCUT2D eigenvalue weighted by Gasteiger charge is 2.19. The summed E-state index contributed by atoms with van der Waals surface area (Å²) in [7, 11) is 0. The molecule has 0 bridgehead atoms. The SMILES string of the molecule is O=C(COc1ccccc1)Cc1cc(Cl)cc2c1OCC2. The summed E-state index contributed by atoms with van der Waals surface area (Å²) in [4.78, 5) is 12.1. The van der Waals surface area contributed by atoms with E-state index in [1.54, 1.807) is 6.07 Å². The number of fused-ring (bicyclic) bond motifs is 1. The van der Waals surface area contributed by atoms with E-state index in [4.69, 9.17) is 21.1 Å². The normalized spacial score (nSPS) is 12.6. The van der Waals surface area contributed by atoms with Crippen LogP contribution < -0.4 is 9.47 Å². The lowest BCUT2D eigenvalue weighted by atomic mass is 10.0. The van der Waals surface area contributed by atoms with Crippen molar-refractivity contribution < 1.29 is 14.3 Å². The molecule has 0 N–H and O–H groups in total. The lowest BCUT2D eigenvalue weighted by Gasteiger charge is -2.09. The summed E-state index contributed by atoms with van der Waals surface area (Å²) in [6, 6.07) is 13.0. The van der Waals surface area contributed by atoms with Gasteiger partial charge in [-0.05, 0) is 29.8 Å². The molecule has 21 heavy (non-hydrogen) atoms. The Bertz CT molecular complexity index is 653. The van der Waals surface area contributed by atoms with Crippen LogP contribution in [0.4, 0.5) is 0 Å². The van der Waals surface area contributed by atoms with Crippen molar-refractivity contribution in [2.24, 2.45) is 0 Å². The van der Waals surface area contributed by atoms with Crippen LogP contribution in [0.1, 0.15) is 11.1 Å². The Morgan fingerprint density at radius 2 is 2.05 bits per heavy atom. The van der Waals surface area contributed by atoms with Crippen LogP contribution in [-0.2, 0) is 17.6 Å². The molecule has 2 aromatic carbocycles. The molecule has 0 saturated carbocycles. The molecule has 4 heteroatoms. The summed E-state index contributed by atoms with van der Waals surface area (Å²) in [5.74, 6) is 1.50. The third-order valence-electron chi connectivity index (χ3n) is 3.36. The van der Waals surface area contributed by atoms with Gasteiger partial charge in [0.25, 0.3) is 0 Å². The van der Waals surface area contributed by atoms with Crippen LogP contribution in [0, 0.1) is 0 Å². The minimum absolute atomic E-state index is 0.00109. The molecule has 0 fully saturated rings. The molecule has 0 amide bonds. The Morgan fingerprint density at radius 3 is 2.86 bits per heavy atom. The second-order valence-electron chi connectivity index (χ2n) is 4.97. The van der Waals surface area contributed by atoms with Gasteiger partial charge in [-0.2, -0.15) is 0 Å². The van der Waals surface area contributed by atoms with Gasteiger partial charge in [-0.3, -0.25) is 4.79 Å². The van der Waals surface area contributed by atoms with Crippen molar-refractivity contribution in [3.63, 3.8) is 0 Å². The highest BCUT2D eigenvalue weighted by atomic mass is 35.5. The lowest BCUT2D eigenvalue weighted by Crippen LogP contribution is -2.14. The molecule has 3 rings (SSSR count). The smallest absolute Gasteiger partial charge is 0.174 e. The number of hydrogen-bond acceptors (Lipinski definition) is 3. The molecule has 0 radical (unpaired) electrons. The number of carbonyl (C=O) groups excluding carboxylic acids is 1. The van der Waals surface area contributed by atoms with Gasteiger partial charge >= 0.3 is 0 Å². The van der Waals surface area contributed by atoms with Crippen LogP contribution in [0.3, 0.4) is 0 Å². The van der Waals surface area contributed by atoms with Crippen molar-refractivity contribution in [3.8, 4) is 11.5 Å². The van der Waals surface area contributed by atoms with Gasteiger partial charge in [0.15, 0.2) is 5.78 Å². The van der Waals surface area contributed by atoms with Gasteiger partial charge in [0.2, 0.25) is 0 Å². The first kappa shape index (κ1) is 14.0. The van der Waals surface area contributed by atoms with E-state index in [-0.39, 0.29) is 18.8 Å². The van der Waals surface area contributed by atoms with Gasteiger partial charge in [-0.15, -0.1) is 0 Å². The van der Waals surface area contributed by atoms with Crippen molar-refractivity contribution in [1.82, 2.24) is 0 Å². The third kappa shape index (κ3) is 3.37. The van der Waals surface area contributed by atoms with Crippen molar-refractivity contribution in [2.45, 2.75) is 12.8 Å². The highest BCUT2D eigenvalue weighted by molar-refractivity contribution is 6.30. The number of carbonyl (C=O) groups is 1. The van der Waals surface area contributed by atoms with Gasteiger partial charge < -0.3 is 9.47 Å². The molecule has 0 aliphatic carbocycles. The number of ether oxygens (including phenoxy) is 2. The quantitative estimate of drug-likeness (QED) is 0.848. The van der Waals surface area contributed by atoms with Crippen LogP contribution in [-0.4, -0.2) is 19.0 Å². The summed E-state index contributed by atoms with van der Waals surface area (Å²) in [5, 5.41) is 0.644. The molecular weight excluding hydrogens is 288 g/mol. The second kappa shape index (κ2) is 6.19. The molecule has 1 aliphatic rings. The minimum atomic E-state index is -0.00109. The summed E-state index contributed by atoms with van der Waals surface area (Å²) >= 11 is 6.09. The Balaban J connectivity index is 1.65. The first-order chi connectivity index (χ1) is 10.2. The summed E-state index contributed by atoms with van der Waals surface area (Å²) in [6.07, 6.45) is 1.12. The highest BCUT2D eigenvalue weighted by Crippen LogP contribution is 2.33. The predicted octanol–water partition coefficient (Wildman–Crippen LogP) is 3.47.